The second kappa shape index (κ2) is 7.48. The molecule has 1 aliphatic heterocycles. The molecule has 0 bridgehead atoms. The number of piperidine rings is 1. The highest BCUT2D eigenvalue weighted by atomic mass is 16.4. The van der Waals surface area contributed by atoms with Gasteiger partial charge in [0, 0.05) is 18.4 Å². The third-order valence-electron chi connectivity index (χ3n) is 4.03. The minimum Gasteiger partial charge on any atom is -0.481 e. The number of carboxylic acid groups (broad SMARTS) is 1. The zero-order valence-electron chi connectivity index (χ0n) is 12.0. The van der Waals surface area contributed by atoms with Crippen LogP contribution in [-0.2, 0) is 9.59 Å². The Balaban J connectivity index is 2.21. The molecule has 3 N–H and O–H groups in total. The van der Waals surface area contributed by atoms with Crippen LogP contribution in [0.1, 0.15) is 46.0 Å². The van der Waals surface area contributed by atoms with E-state index in [1.54, 1.807) is 0 Å². The molecule has 5 nitrogen and oxygen atoms in total. The Morgan fingerprint density at radius 2 is 1.95 bits per heavy atom. The number of amides is 1. The molecule has 1 rings (SSSR count). The number of rotatable bonds is 7. The second-order valence-electron chi connectivity index (χ2n) is 5.89. The van der Waals surface area contributed by atoms with Gasteiger partial charge in [-0.25, -0.2) is 0 Å². The zero-order chi connectivity index (χ0) is 14.3. The van der Waals surface area contributed by atoms with Crippen LogP contribution in [0.3, 0.4) is 0 Å². The summed E-state index contributed by atoms with van der Waals surface area (Å²) in [5.74, 6) is -0.283. The van der Waals surface area contributed by atoms with Crippen LogP contribution >= 0.6 is 0 Å². The predicted octanol–water partition coefficient (Wildman–Crippen LogP) is 1.38. The summed E-state index contributed by atoms with van der Waals surface area (Å²) in [7, 11) is 0. The summed E-state index contributed by atoms with van der Waals surface area (Å²) < 4.78 is 0. The molecule has 1 fully saturated rings. The van der Waals surface area contributed by atoms with Gasteiger partial charge in [-0.3, -0.25) is 9.59 Å². The number of hydrogen-bond donors (Lipinski definition) is 3. The van der Waals surface area contributed by atoms with E-state index in [9.17, 15) is 9.59 Å². The van der Waals surface area contributed by atoms with E-state index in [1.807, 2.05) is 13.8 Å². The number of carbonyl (C=O) groups excluding carboxylic acids is 1. The highest BCUT2D eigenvalue weighted by molar-refractivity contribution is 5.82. The molecule has 1 atom stereocenters. The maximum absolute atomic E-state index is 12.1. The van der Waals surface area contributed by atoms with Crippen LogP contribution in [0.4, 0.5) is 0 Å². The summed E-state index contributed by atoms with van der Waals surface area (Å²) in [5, 5.41) is 14.9. The van der Waals surface area contributed by atoms with Crippen molar-refractivity contribution in [3.63, 3.8) is 0 Å². The Bertz CT molecular complexity index is 312. The van der Waals surface area contributed by atoms with E-state index in [1.165, 1.54) is 0 Å². The van der Waals surface area contributed by atoms with Gasteiger partial charge < -0.3 is 15.7 Å². The molecular weight excluding hydrogens is 244 g/mol. The molecule has 110 valence electrons. The zero-order valence-corrected chi connectivity index (χ0v) is 12.0. The topological polar surface area (TPSA) is 78.4 Å². The SMILES string of the molecule is CC(CCNC(=O)C1(C)CCNCC1)CCC(=O)O. The fraction of sp³-hybridized carbons (Fsp3) is 0.857. The molecule has 0 aliphatic carbocycles. The van der Waals surface area contributed by atoms with Crippen LogP contribution in [-0.4, -0.2) is 36.6 Å². The van der Waals surface area contributed by atoms with Crippen molar-refractivity contribution in [3.8, 4) is 0 Å². The molecule has 1 saturated heterocycles. The Morgan fingerprint density at radius 3 is 2.53 bits per heavy atom. The molecule has 1 unspecified atom stereocenters. The van der Waals surface area contributed by atoms with Crippen molar-refractivity contribution in [2.24, 2.45) is 11.3 Å². The van der Waals surface area contributed by atoms with Crippen molar-refractivity contribution >= 4 is 11.9 Å². The van der Waals surface area contributed by atoms with E-state index < -0.39 is 5.97 Å². The number of hydrogen-bond acceptors (Lipinski definition) is 3. The van der Waals surface area contributed by atoms with Crippen molar-refractivity contribution in [2.45, 2.75) is 46.0 Å². The maximum atomic E-state index is 12.1. The van der Waals surface area contributed by atoms with Crippen molar-refractivity contribution in [1.29, 1.82) is 0 Å². The van der Waals surface area contributed by atoms with Crippen molar-refractivity contribution < 1.29 is 14.7 Å². The van der Waals surface area contributed by atoms with Gasteiger partial charge >= 0.3 is 5.97 Å². The van der Waals surface area contributed by atoms with E-state index in [4.69, 9.17) is 5.11 Å². The summed E-state index contributed by atoms with van der Waals surface area (Å²) in [6.07, 6.45) is 3.49. The summed E-state index contributed by atoms with van der Waals surface area (Å²) >= 11 is 0. The average molecular weight is 270 g/mol. The van der Waals surface area contributed by atoms with Crippen LogP contribution in [0, 0.1) is 11.3 Å². The molecule has 5 heteroatoms. The molecule has 0 aromatic carbocycles. The Hall–Kier alpha value is -1.10. The van der Waals surface area contributed by atoms with E-state index >= 15 is 0 Å². The largest absolute Gasteiger partial charge is 0.481 e. The van der Waals surface area contributed by atoms with Gasteiger partial charge in [0.25, 0.3) is 0 Å². The minimum absolute atomic E-state index is 0.138. The lowest BCUT2D eigenvalue weighted by Crippen LogP contribution is -2.46. The number of carbonyl (C=O) groups is 2. The highest BCUT2D eigenvalue weighted by Gasteiger charge is 2.34. The van der Waals surface area contributed by atoms with E-state index in [0.717, 1.165) is 32.4 Å². The fourth-order valence-corrected chi connectivity index (χ4v) is 2.37. The summed E-state index contributed by atoms with van der Waals surface area (Å²) in [6.45, 7) is 6.50. The minimum atomic E-state index is -0.752. The maximum Gasteiger partial charge on any atom is 0.303 e. The number of carboxylic acids is 1. The van der Waals surface area contributed by atoms with Gasteiger partial charge in [-0.1, -0.05) is 13.8 Å². The lowest BCUT2D eigenvalue weighted by molar-refractivity contribution is -0.137. The fourth-order valence-electron chi connectivity index (χ4n) is 2.37. The molecule has 0 aromatic heterocycles. The van der Waals surface area contributed by atoms with Gasteiger partial charge in [-0.05, 0) is 44.7 Å². The summed E-state index contributed by atoms with van der Waals surface area (Å²) in [4.78, 5) is 22.6. The molecule has 1 heterocycles. The first-order chi connectivity index (χ1) is 8.94. The Labute approximate surface area is 115 Å². The van der Waals surface area contributed by atoms with Gasteiger partial charge in [0.15, 0.2) is 0 Å². The second-order valence-corrected chi connectivity index (χ2v) is 5.89. The molecular formula is C14H26N2O3. The van der Waals surface area contributed by atoms with Crippen molar-refractivity contribution in [1.82, 2.24) is 10.6 Å². The van der Waals surface area contributed by atoms with E-state index in [0.29, 0.717) is 18.9 Å². The highest BCUT2D eigenvalue weighted by Crippen LogP contribution is 2.27. The van der Waals surface area contributed by atoms with Gasteiger partial charge in [0.05, 0.1) is 0 Å². The number of aliphatic carboxylic acids is 1. The average Bonchev–Trinajstić information content (AvgIpc) is 2.37. The van der Waals surface area contributed by atoms with Crippen LogP contribution < -0.4 is 10.6 Å². The first-order valence-electron chi connectivity index (χ1n) is 7.15. The number of nitrogens with one attached hydrogen (secondary N) is 2. The quantitative estimate of drug-likeness (QED) is 0.653. The van der Waals surface area contributed by atoms with Crippen molar-refractivity contribution in [2.75, 3.05) is 19.6 Å². The normalized spacial score (nSPS) is 19.7. The van der Waals surface area contributed by atoms with E-state index in [-0.39, 0.29) is 17.7 Å². The molecule has 0 aromatic rings. The molecule has 0 spiro atoms. The standard InChI is InChI=1S/C14H26N2O3/c1-11(3-4-12(17)18)5-8-16-13(19)14(2)6-9-15-10-7-14/h11,15H,3-10H2,1-2H3,(H,16,19)(H,17,18). The third kappa shape index (κ3) is 5.59. The molecule has 0 saturated carbocycles. The molecule has 1 amide bonds. The Kier molecular flexibility index (Phi) is 6.28. The van der Waals surface area contributed by atoms with Crippen LogP contribution in [0.15, 0.2) is 0 Å². The van der Waals surface area contributed by atoms with Crippen LogP contribution in [0.5, 0.6) is 0 Å². The smallest absolute Gasteiger partial charge is 0.303 e. The van der Waals surface area contributed by atoms with Crippen LogP contribution in [0.2, 0.25) is 0 Å². The lowest BCUT2D eigenvalue weighted by atomic mass is 9.80. The first-order valence-corrected chi connectivity index (χ1v) is 7.15. The molecule has 1 aliphatic rings. The summed E-state index contributed by atoms with van der Waals surface area (Å²) in [6, 6.07) is 0. The predicted molar refractivity (Wildman–Crippen MR) is 73.9 cm³/mol. The van der Waals surface area contributed by atoms with E-state index in [2.05, 4.69) is 10.6 Å². The third-order valence-corrected chi connectivity index (χ3v) is 4.03. The molecule has 19 heavy (non-hydrogen) atoms. The van der Waals surface area contributed by atoms with Gasteiger partial charge in [-0.15, -0.1) is 0 Å². The van der Waals surface area contributed by atoms with Crippen molar-refractivity contribution in [3.05, 3.63) is 0 Å². The Morgan fingerprint density at radius 1 is 1.32 bits per heavy atom. The monoisotopic (exact) mass is 270 g/mol. The molecule has 0 radical (unpaired) electrons. The van der Waals surface area contributed by atoms with Gasteiger partial charge in [0.2, 0.25) is 5.91 Å². The summed E-state index contributed by atoms with van der Waals surface area (Å²) in [5.41, 5.74) is -0.241. The van der Waals surface area contributed by atoms with Gasteiger partial charge in [-0.2, -0.15) is 0 Å². The van der Waals surface area contributed by atoms with Gasteiger partial charge in [0.1, 0.15) is 0 Å². The lowest BCUT2D eigenvalue weighted by Gasteiger charge is -2.32. The first kappa shape index (κ1) is 16.0. The van der Waals surface area contributed by atoms with Crippen LogP contribution in [0.25, 0.3) is 0 Å².